The first-order valence-corrected chi connectivity index (χ1v) is 6.85. The molecule has 0 aromatic heterocycles. The van der Waals surface area contributed by atoms with Crippen LogP contribution in [-0.4, -0.2) is 66.2 Å². The third-order valence-corrected chi connectivity index (χ3v) is 3.57. The summed E-state index contributed by atoms with van der Waals surface area (Å²) in [6, 6.07) is -0.398. The van der Waals surface area contributed by atoms with Gasteiger partial charge in [-0.05, 0) is 52.7 Å². The fourth-order valence-electron chi connectivity index (χ4n) is 2.23. The summed E-state index contributed by atoms with van der Waals surface area (Å²) < 4.78 is 0. The molecule has 0 saturated carbocycles. The van der Waals surface area contributed by atoms with E-state index in [2.05, 4.69) is 17.3 Å². The van der Waals surface area contributed by atoms with Gasteiger partial charge >= 0.3 is 12.0 Å². The summed E-state index contributed by atoms with van der Waals surface area (Å²) in [7, 11) is 2.10. The van der Waals surface area contributed by atoms with E-state index < -0.39 is 5.97 Å². The van der Waals surface area contributed by atoms with E-state index in [0.29, 0.717) is 12.5 Å². The van der Waals surface area contributed by atoms with Gasteiger partial charge in [-0.3, -0.25) is 4.79 Å². The largest absolute Gasteiger partial charge is 0.480 e. The number of carbonyl (C=O) groups excluding carboxylic acids is 1. The Morgan fingerprint density at radius 3 is 2.42 bits per heavy atom. The first-order valence-electron chi connectivity index (χ1n) is 6.85. The summed E-state index contributed by atoms with van der Waals surface area (Å²) in [4.78, 5) is 26.3. The SMILES string of the molecule is CC(C)N(CC(=O)O)C(=O)NCC1CCN(C)CC1. The summed E-state index contributed by atoms with van der Waals surface area (Å²) in [5.74, 6) is -0.484. The number of urea groups is 1. The van der Waals surface area contributed by atoms with Crippen molar-refractivity contribution in [3.63, 3.8) is 0 Å². The van der Waals surface area contributed by atoms with Crippen molar-refractivity contribution in [3.05, 3.63) is 0 Å². The van der Waals surface area contributed by atoms with Crippen LogP contribution in [0.15, 0.2) is 0 Å². The monoisotopic (exact) mass is 271 g/mol. The predicted octanol–water partition coefficient (Wildman–Crippen LogP) is 0.833. The molecule has 1 fully saturated rings. The Morgan fingerprint density at radius 1 is 1.37 bits per heavy atom. The Kier molecular flexibility index (Phi) is 6.08. The zero-order chi connectivity index (χ0) is 14.4. The van der Waals surface area contributed by atoms with Crippen LogP contribution in [0.2, 0.25) is 0 Å². The molecule has 1 heterocycles. The fraction of sp³-hybridized carbons (Fsp3) is 0.846. The highest BCUT2D eigenvalue weighted by molar-refractivity contribution is 5.80. The second-order valence-corrected chi connectivity index (χ2v) is 5.55. The fourth-order valence-corrected chi connectivity index (χ4v) is 2.23. The third-order valence-electron chi connectivity index (χ3n) is 3.57. The van der Waals surface area contributed by atoms with E-state index in [1.165, 1.54) is 4.90 Å². The van der Waals surface area contributed by atoms with Crippen molar-refractivity contribution in [1.82, 2.24) is 15.1 Å². The van der Waals surface area contributed by atoms with Gasteiger partial charge < -0.3 is 20.2 Å². The van der Waals surface area contributed by atoms with Crippen LogP contribution in [0.5, 0.6) is 0 Å². The molecule has 1 saturated heterocycles. The van der Waals surface area contributed by atoms with Crippen molar-refractivity contribution in [3.8, 4) is 0 Å². The number of rotatable bonds is 5. The lowest BCUT2D eigenvalue weighted by Gasteiger charge is -2.30. The standard InChI is InChI=1S/C13H25N3O3/c1-10(2)16(9-12(17)18)13(19)14-8-11-4-6-15(3)7-5-11/h10-11H,4-9H2,1-3H3,(H,14,19)(H,17,18). The summed E-state index contributed by atoms with van der Waals surface area (Å²) in [5, 5.41) is 11.7. The number of hydrogen-bond donors (Lipinski definition) is 2. The maximum absolute atomic E-state index is 12.0. The first kappa shape index (κ1) is 15.8. The van der Waals surface area contributed by atoms with Crippen molar-refractivity contribution in [2.45, 2.75) is 32.7 Å². The molecule has 0 atom stereocenters. The van der Waals surface area contributed by atoms with E-state index in [0.717, 1.165) is 25.9 Å². The molecular weight excluding hydrogens is 246 g/mol. The Morgan fingerprint density at radius 2 is 1.95 bits per heavy atom. The van der Waals surface area contributed by atoms with E-state index in [-0.39, 0.29) is 18.6 Å². The van der Waals surface area contributed by atoms with E-state index >= 15 is 0 Å². The zero-order valence-electron chi connectivity index (χ0n) is 12.1. The Hall–Kier alpha value is -1.30. The molecule has 1 rings (SSSR count). The average molecular weight is 271 g/mol. The van der Waals surface area contributed by atoms with Crippen LogP contribution in [-0.2, 0) is 4.79 Å². The number of likely N-dealkylation sites (tertiary alicyclic amines) is 1. The number of hydrogen-bond acceptors (Lipinski definition) is 3. The van der Waals surface area contributed by atoms with Crippen molar-refractivity contribution in [1.29, 1.82) is 0 Å². The van der Waals surface area contributed by atoms with Crippen molar-refractivity contribution in [2.75, 3.05) is 33.2 Å². The summed E-state index contributed by atoms with van der Waals surface area (Å²) in [5.41, 5.74) is 0. The molecule has 0 aromatic rings. The molecule has 2 amide bonds. The number of carboxylic acid groups (broad SMARTS) is 1. The molecule has 0 aromatic carbocycles. The molecule has 0 bridgehead atoms. The van der Waals surface area contributed by atoms with E-state index in [9.17, 15) is 9.59 Å². The van der Waals surface area contributed by atoms with Crippen molar-refractivity contribution >= 4 is 12.0 Å². The topological polar surface area (TPSA) is 72.9 Å². The first-order chi connectivity index (χ1) is 8.90. The zero-order valence-corrected chi connectivity index (χ0v) is 12.1. The number of nitrogens with zero attached hydrogens (tertiary/aromatic N) is 2. The lowest BCUT2D eigenvalue weighted by molar-refractivity contribution is -0.138. The number of carboxylic acids is 1. The van der Waals surface area contributed by atoms with Gasteiger partial charge in [0, 0.05) is 12.6 Å². The lowest BCUT2D eigenvalue weighted by atomic mass is 9.97. The normalized spacial score (nSPS) is 17.5. The third kappa shape index (κ3) is 5.46. The summed E-state index contributed by atoms with van der Waals surface area (Å²) in [6.07, 6.45) is 2.16. The molecule has 0 spiro atoms. The molecule has 6 heteroatoms. The number of piperidine rings is 1. The summed E-state index contributed by atoms with van der Waals surface area (Å²) >= 11 is 0. The van der Waals surface area contributed by atoms with Crippen molar-refractivity contribution in [2.24, 2.45) is 5.92 Å². The molecule has 19 heavy (non-hydrogen) atoms. The Bertz CT molecular complexity index is 312. The van der Waals surface area contributed by atoms with Gasteiger partial charge in [0.25, 0.3) is 0 Å². The maximum atomic E-state index is 12.0. The van der Waals surface area contributed by atoms with Crippen LogP contribution in [0.4, 0.5) is 4.79 Å². The predicted molar refractivity (Wildman–Crippen MR) is 73.1 cm³/mol. The highest BCUT2D eigenvalue weighted by Gasteiger charge is 2.22. The molecule has 110 valence electrons. The second-order valence-electron chi connectivity index (χ2n) is 5.55. The molecule has 6 nitrogen and oxygen atoms in total. The van der Waals surface area contributed by atoms with Gasteiger partial charge in [-0.1, -0.05) is 0 Å². The molecule has 0 aliphatic carbocycles. The van der Waals surface area contributed by atoms with E-state index in [4.69, 9.17) is 5.11 Å². The molecule has 0 radical (unpaired) electrons. The molecular formula is C13H25N3O3. The van der Waals surface area contributed by atoms with Gasteiger partial charge in [0.1, 0.15) is 6.54 Å². The number of amides is 2. The number of carbonyl (C=O) groups is 2. The van der Waals surface area contributed by atoms with Crippen LogP contribution in [0, 0.1) is 5.92 Å². The van der Waals surface area contributed by atoms with E-state index in [1.54, 1.807) is 0 Å². The van der Waals surface area contributed by atoms with Crippen LogP contribution in [0.25, 0.3) is 0 Å². The van der Waals surface area contributed by atoms with Gasteiger partial charge in [0.15, 0.2) is 0 Å². The minimum absolute atomic E-state index is 0.117. The van der Waals surface area contributed by atoms with Crippen LogP contribution < -0.4 is 5.32 Å². The highest BCUT2D eigenvalue weighted by atomic mass is 16.4. The maximum Gasteiger partial charge on any atom is 0.323 e. The molecule has 0 unspecified atom stereocenters. The molecule has 2 N–H and O–H groups in total. The minimum atomic E-state index is -0.983. The smallest absolute Gasteiger partial charge is 0.323 e. The van der Waals surface area contributed by atoms with Crippen molar-refractivity contribution < 1.29 is 14.7 Å². The minimum Gasteiger partial charge on any atom is -0.480 e. The van der Waals surface area contributed by atoms with E-state index in [1.807, 2.05) is 13.8 Å². The Labute approximate surface area is 114 Å². The average Bonchev–Trinajstić information content (AvgIpc) is 2.34. The van der Waals surface area contributed by atoms with Crippen LogP contribution >= 0.6 is 0 Å². The molecule has 1 aliphatic rings. The summed E-state index contributed by atoms with van der Waals surface area (Å²) in [6.45, 7) is 6.13. The van der Waals surface area contributed by atoms with Gasteiger partial charge in [-0.25, -0.2) is 4.79 Å². The quantitative estimate of drug-likeness (QED) is 0.777. The molecule has 1 aliphatic heterocycles. The lowest BCUT2D eigenvalue weighted by Crippen LogP contribution is -2.48. The van der Waals surface area contributed by atoms with Crippen LogP contribution in [0.3, 0.4) is 0 Å². The highest BCUT2D eigenvalue weighted by Crippen LogP contribution is 2.14. The van der Waals surface area contributed by atoms with Gasteiger partial charge in [0.2, 0.25) is 0 Å². The van der Waals surface area contributed by atoms with Gasteiger partial charge in [-0.2, -0.15) is 0 Å². The Balaban J connectivity index is 2.37. The van der Waals surface area contributed by atoms with Gasteiger partial charge in [-0.15, -0.1) is 0 Å². The van der Waals surface area contributed by atoms with Crippen LogP contribution in [0.1, 0.15) is 26.7 Å². The number of nitrogens with one attached hydrogen (secondary N) is 1. The van der Waals surface area contributed by atoms with Gasteiger partial charge in [0.05, 0.1) is 0 Å². The number of aliphatic carboxylic acids is 1. The second kappa shape index (κ2) is 7.33.